The Morgan fingerprint density at radius 3 is 2.60 bits per heavy atom. The standard InChI is InChI=1S/C20H15FN2O2/c21-14-9-7-13(8-10-14)20-23-17(15-4-1-2-5-18(15)25-20)12-16(22-23)19-6-3-11-24-19/h1-12,17,20,22H. The number of hydrogen-bond donors (Lipinski definition) is 1. The Bertz CT molecular complexity index is 935. The summed E-state index contributed by atoms with van der Waals surface area (Å²) in [5.74, 6) is 1.34. The van der Waals surface area contributed by atoms with Gasteiger partial charge in [-0.15, -0.1) is 0 Å². The van der Waals surface area contributed by atoms with E-state index in [1.54, 1.807) is 18.4 Å². The quantitative estimate of drug-likeness (QED) is 0.753. The second-order valence-electron chi connectivity index (χ2n) is 6.08. The molecule has 2 atom stereocenters. The predicted octanol–water partition coefficient (Wildman–Crippen LogP) is 4.41. The lowest BCUT2D eigenvalue weighted by molar-refractivity contribution is -0.0328. The van der Waals surface area contributed by atoms with E-state index in [9.17, 15) is 4.39 Å². The fraction of sp³-hybridized carbons (Fsp3) is 0.100. The van der Waals surface area contributed by atoms with Crippen molar-refractivity contribution in [1.29, 1.82) is 0 Å². The molecule has 0 fully saturated rings. The Hall–Kier alpha value is -3.05. The minimum absolute atomic E-state index is 0.0000954. The van der Waals surface area contributed by atoms with E-state index in [1.807, 2.05) is 35.3 Å². The number of rotatable bonds is 2. The molecule has 3 heterocycles. The molecule has 2 aliphatic rings. The van der Waals surface area contributed by atoms with Crippen LogP contribution in [0, 0.1) is 5.82 Å². The van der Waals surface area contributed by atoms with E-state index in [2.05, 4.69) is 17.6 Å². The molecule has 0 saturated heterocycles. The number of ether oxygens (including phenoxy) is 1. The van der Waals surface area contributed by atoms with Crippen molar-refractivity contribution in [2.45, 2.75) is 12.3 Å². The summed E-state index contributed by atoms with van der Waals surface area (Å²) in [6.45, 7) is 0. The maximum Gasteiger partial charge on any atom is 0.195 e. The van der Waals surface area contributed by atoms with E-state index in [0.29, 0.717) is 0 Å². The lowest BCUT2D eigenvalue weighted by Gasteiger charge is -2.38. The van der Waals surface area contributed by atoms with E-state index in [4.69, 9.17) is 9.15 Å². The van der Waals surface area contributed by atoms with Crippen molar-refractivity contribution >= 4 is 5.70 Å². The first-order valence-electron chi connectivity index (χ1n) is 8.11. The maximum atomic E-state index is 13.3. The van der Waals surface area contributed by atoms with E-state index in [0.717, 1.165) is 28.3 Å². The van der Waals surface area contributed by atoms with Gasteiger partial charge in [0.2, 0.25) is 0 Å². The van der Waals surface area contributed by atoms with E-state index < -0.39 is 0 Å². The van der Waals surface area contributed by atoms with Gasteiger partial charge in [-0.1, -0.05) is 30.3 Å². The Morgan fingerprint density at radius 2 is 1.80 bits per heavy atom. The maximum absolute atomic E-state index is 13.3. The van der Waals surface area contributed by atoms with Crippen LogP contribution in [0.2, 0.25) is 0 Å². The fourth-order valence-electron chi connectivity index (χ4n) is 3.36. The van der Waals surface area contributed by atoms with Crippen LogP contribution in [0.25, 0.3) is 5.70 Å². The van der Waals surface area contributed by atoms with Gasteiger partial charge in [-0.05, 0) is 36.4 Å². The van der Waals surface area contributed by atoms with Gasteiger partial charge in [0, 0.05) is 11.1 Å². The molecule has 124 valence electrons. The Balaban J connectivity index is 1.59. The van der Waals surface area contributed by atoms with Crippen LogP contribution in [0.15, 0.2) is 77.4 Å². The van der Waals surface area contributed by atoms with Crippen molar-refractivity contribution < 1.29 is 13.5 Å². The van der Waals surface area contributed by atoms with Gasteiger partial charge >= 0.3 is 0 Å². The number of para-hydroxylation sites is 1. The zero-order valence-electron chi connectivity index (χ0n) is 13.2. The largest absolute Gasteiger partial charge is 0.469 e. The SMILES string of the molecule is Fc1ccc(C2Oc3ccccc3C3C=C(c4ccco4)NN32)cc1. The van der Waals surface area contributed by atoms with Crippen LogP contribution < -0.4 is 10.2 Å². The van der Waals surface area contributed by atoms with Crippen molar-refractivity contribution in [1.82, 2.24) is 10.4 Å². The molecule has 2 aromatic carbocycles. The fourth-order valence-corrected chi connectivity index (χ4v) is 3.36. The highest BCUT2D eigenvalue weighted by Crippen LogP contribution is 2.45. The average Bonchev–Trinajstić information content (AvgIpc) is 3.31. The van der Waals surface area contributed by atoms with Crippen molar-refractivity contribution in [2.24, 2.45) is 0 Å². The molecule has 3 aromatic rings. The van der Waals surface area contributed by atoms with Gasteiger partial charge in [0.05, 0.1) is 18.0 Å². The normalized spacial score (nSPS) is 21.7. The molecule has 5 rings (SSSR count). The molecular weight excluding hydrogens is 319 g/mol. The molecule has 0 aliphatic carbocycles. The minimum Gasteiger partial charge on any atom is -0.469 e. The monoisotopic (exact) mass is 334 g/mol. The Labute approximate surface area is 144 Å². The first-order chi connectivity index (χ1) is 12.3. The van der Waals surface area contributed by atoms with Crippen molar-refractivity contribution in [2.75, 3.05) is 0 Å². The van der Waals surface area contributed by atoms with Crippen LogP contribution in [-0.4, -0.2) is 5.01 Å². The second-order valence-corrected chi connectivity index (χ2v) is 6.08. The molecule has 5 heteroatoms. The van der Waals surface area contributed by atoms with Crippen LogP contribution in [0.4, 0.5) is 4.39 Å². The molecule has 25 heavy (non-hydrogen) atoms. The highest BCUT2D eigenvalue weighted by Gasteiger charge is 2.40. The molecule has 0 radical (unpaired) electrons. The molecule has 2 aliphatic heterocycles. The third kappa shape index (κ3) is 2.32. The summed E-state index contributed by atoms with van der Waals surface area (Å²) in [6, 6.07) is 18.1. The molecule has 0 spiro atoms. The summed E-state index contributed by atoms with van der Waals surface area (Å²) >= 11 is 0. The van der Waals surface area contributed by atoms with Gasteiger partial charge in [0.25, 0.3) is 0 Å². The van der Waals surface area contributed by atoms with Crippen molar-refractivity contribution in [3.8, 4) is 5.75 Å². The number of hydrazine groups is 1. The van der Waals surface area contributed by atoms with Crippen LogP contribution in [0.3, 0.4) is 0 Å². The van der Waals surface area contributed by atoms with Crippen LogP contribution >= 0.6 is 0 Å². The molecular formula is C20H15FN2O2. The summed E-state index contributed by atoms with van der Waals surface area (Å²) < 4.78 is 25.1. The Morgan fingerprint density at radius 1 is 0.960 bits per heavy atom. The predicted molar refractivity (Wildman–Crippen MR) is 90.6 cm³/mol. The first kappa shape index (κ1) is 14.3. The highest BCUT2D eigenvalue weighted by molar-refractivity contribution is 5.64. The lowest BCUT2D eigenvalue weighted by Crippen LogP contribution is -2.43. The summed E-state index contributed by atoms with van der Waals surface area (Å²) in [5.41, 5.74) is 6.23. The van der Waals surface area contributed by atoms with E-state index in [-0.39, 0.29) is 18.1 Å². The van der Waals surface area contributed by atoms with Gasteiger partial charge in [-0.25, -0.2) is 4.39 Å². The molecule has 1 N–H and O–H groups in total. The average molecular weight is 334 g/mol. The second kappa shape index (κ2) is 5.50. The third-order valence-corrected chi connectivity index (χ3v) is 4.54. The van der Waals surface area contributed by atoms with E-state index in [1.165, 1.54) is 12.1 Å². The molecule has 0 bridgehead atoms. The van der Waals surface area contributed by atoms with E-state index >= 15 is 0 Å². The third-order valence-electron chi connectivity index (χ3n) is 4.54. The molecule has 1 aromatic heterocycles. The van der Waals surface area contributed by atoms with Gasteiger partial charge in [0.15, 0.2) is 12.0 Å². The number of nitrogens with zero attached hydrogens (tertiary/aromatic N) is 1. The zero-order valence-corrected chi connectivity index (χ0v) is 13.2. The van der Waals surface area contributed by atoms with Crippen LogP contribution in [0.1, 0.15) is 29.2 Å². The molecule has 4 nitrogen and oxygen atoms in total. The number of halogens is 1. The molecule has 0 saturated carbocycles. The molecule has 2 unspecified atom stereocenters. The topological polar surface area (TPSA) is 37.6 Å². The van der Waals surface area contributed by atoms with Crippen molar-refractivity contribution in [3.63, 3.8) is 0 Å². The van der Waals surface area contributed by atoms with Crippen molar-refractivity contribution in [3.05, 3.63) is 95.7 Å². The first-order valence-corrected chi connectivity index (χ1v) is 8.11. The van der Waals surface area contributed by atoms with Crippen LogP contribution in [0.5, 0.6) is 5.75 Å². The lowest BCUT2D eigenvalue weighted by atomic mass is 10.0. The summed E-state index contributed by atoms with van der Waals surface area (Å²) in [5, 5.41) is 2.02. The number of hydrogen-bond acceptors (Lipinski definition) is 4. The Kier molecular flexibility index (Phi) is 3.15. The highest BCUT2D eigenvalue weighted by atomic mass is 19.1. The number of benzene rings is 2. The van der Waals surface area contributed by atoms with Gasteiger partial charge in [-0.2, -0.15) is 5.01 Å². The number of nitrogens with one attached hydrogen (secondary N) is 1. The summed E-state index contributed by atoms with van der Waals surface area (Å²) in [7, 11) is 0. The minimum atomic E-state index is -0.371. The number of fused-ring (bicyclic) bond motifs is 3. The van der Waals surface area contributed by atoms with Crippen LogP contribution in [-0.2, 0) is 0 Å². The smallest absolute Gasteiger partial charge is 0.195 e. The summed E-state index contributed by atoms with van der Waals surface area (Å²) in [4.78, 5) is 0. The summed E-state index contributed by atoms with van der Waals surface area (Å²) in [6.07, 6.45) is 3.40. The van der Waals surface area contributed by atoms with Gasteiger partial charge < -0.3 is 14.6 Å². The van der Waals surface area contributed by atoms with Gasteiger partial charge in [-0.3, -0.25) is 0 Å². The zero-order chi connectivity index (χ0) is 16.8. The van der Waals surface area contributed by atoms with Gasteiger partial charge in [0.1, 0.15) is 11.6 Å². The molecule has 0 amide bonds. The number of furan rings is 1.